The highest BCUT2D eigenvalue weighted by Gasteiger charge is 2.19. The van der Waals surface area contributed by atoms with Gasteiger partial charge in [-0.2, -0.15) is 0 Å². The summed E-state index contributed by atoms with van der Waals surface area (Å²) in [5.41, 5.74) is 0.872. The normalized spacial score (nSPS) is 10.5. The zero-order valence-electron chi connectivity index (χ0n) is 14.8. The van der Waals surface area contributed by atoms with Gasteiger partial charge in [0, 0.05) is 19.3 Å². The van der Waals surface area contributed by atoms with Crippen LogP contribution < -0.4 is 15.4 Å². The molecule has 0 aliphatic carbocycles. The topological polar surface area (TPSA) is 89.0 Å². The van der Waals surface area contributed by atoms with Crippen LogP contribution >= 0.6 is 11.6 Å². The lowest BCUT2D eigenvalue weighted by atomic mass is 10.1. The Bertz CT molecular complexity index is 1030. The molecule has 144 valence electrons. The maximum absolute atomic E-state index is 14.3. The largest absolute Gasteiger partial charge is 0.494 e. The Morgan fingerprint density at radius 2 is 1.75 bits per heavy atom. The zero-order valence-corrected chi connectivity index (χ0v) is 15.5. The van der Waals surface area contributed by atoms with Crippen LogP contribution in [0.3, 0.4) is 0 Å². The molecule has 0 bridgehead atoms. The SMILES string of the molecule is CNC(=O)c1cnc(Cl)cc1Nc1cc(F)cc(-c2ncc(F)cn2)c1OC. The standard InChI is InChI=1S/C18H14ClF2N5O2/c1-22-18(27)12-8-23-15(19)5-13(12)26-14-4-9(20)3-11(16(14)28-2)17-24-6-10(21)7-25-17/h3-8H,1-2H3,(H,22,27)(H,23,26). The van der Waals surface area contributed by atoms with Crippen molar-refractivity contribution in [2.75, 3.05) is 19.5 Å². The molecule has 7 nitrogen and oxygen atoms in total. The number of anilines is 2. The zero-order chi connectivity index (χ0) is 20.3. The molecule has 28 heavy (non-hydrogen) atoms. The van der Waals surface area contributed by atoms with E-state index in [-0.39, 0.29) is 39.2 Å². The number of rotatable bonds is 5. The average molecular weight is 406 g/mol. The van der Waals surface area contributed by atoms with E-state index in [1.165, 1.54) is 32.5 Å². The van der Waals surface area contributed by atoms with E-state index < -0.39 is 17.5 Å². The van der Waals surface area contributed by atoms with Gasteiger partial charge >= 0.3 is 0 Å². The molecule has 0 unspecified atom stereocenters. The van der Waals surface area contributed by atoms with Crippen molar-refractivity contribution in [1.29, 1.82) is 0 Å². The molecular weight excluding hydrogens is 392 g/mol. The number of pyridine rings is 1. The lowest BCUT2D eigenvalue weighted by Gasteiger charge is -2.16. The number of methoxy groups -OCH3 is 1. The van der Waals surface area contributed by atoms with Crippen LogP contribution in [0.5, 0.6) is 5.75 Å². The summed E-state index contributed by atoms with van der Waals surface area (Å²) in [5, 5.41) is 5.55. The minimum absolute atomic E-state index is 0.0695. The van der Waals surface area contributed by atoms with Crippen LogP contribution in [-0.4, -0.2) is 35.0 Å². The Morgan fingerprint density at radius 3 is 2.39 bits per heavy atom. The Hall–Kier alpha value is -3.33. The lowest BCUT2D eigenvalue weighted by molar-refractivity contribution is 0.0963. The molecule has 0 atom stereocenters. The number of carbonyl (C=O) groups excluding carboxylic acids is 1. The summed E-state index contributed by atoms with van der Waals surface area (Å²) in [6.45, 7) is 0. The average Bonchev–Trinajstić information content (AvgIpc) is 2.68. The summed E-state index contributed by atoms with van der Waals surface area (Å²) in [6, 6.07) is 3.76. The van der Waals surface area contributed by atoms with Crippen molar-refractivity contribution >= 4 is 28.9 Å². The molecule has 0 fully saturated rings. The van der Waals surface area contributed by atoms with E-state index in [4.69, 9.17) is 16.3 Å². The summed E-state index contributed by atoms with van der Waals surface area (Å²) in [7, 11) is 2.85. The molecule has 0 radical (unpaired) electrons. The Balaban J connectivity index is 2.12. The molecule has 1 amide bonds. The summed E-state index contributed by atoms with van der Waals surface area (Å²) >= 11 is 5.93. The van der Waals surface area contributed by atoms with Crippen molar-refractivity contribution in [2.45, 2.75) is 0 Å². The minimum Gasteiger partial charge on any atom is -0.494 e. The number of aromatic nitrogens is 3. The van der Waals surface area contributed by atoms with Crippen molar-refractivity contribution in [2.24, 2.45) is 0 Å². The van der Waals surface area contributed by atoms with Gasteiger partial charge in [-0.1, -0.05) is 11.6 Å². The monoisotopic (exact) mass is 405 g/mol. The maximum Gasteiger partial charge on any atom is 0.254 e. The van der Waals surface area contributed by atoms with Gasteiger partial charge in [-0.15, -0.1) is 0 Å². The number of hydrogen-bond acceptors (Lipinski definition) is 6. The van der Waals surface area contributed by atoms with E-state index in [9.17, 15) is 13.6 Å². The number of nitrogens with one attached hydrogen (secondary N) is 2. The molecule has 2 aromatic heterocycles. The molecule has 10 heteroatoms. The summed E-state index contributed by atoms with van der Waals surface area (Å²) in [4.78, 5) is 23.7. The summed E-state index contributed by atoms with van der Waals surface area (Å²) < 4.78 is 32.8. The first-order chi connectivity index (χ1) is 13.4. The van der Waals surface area contributed by atoms with E-state index in [1.807, 2.05) is 0 Å². The lowest BCUT2D eigenvalue weighted by Crippen LogP contribution is -2.19. The highest BCUT2D eigenvalue weighted by atomic mass is 35.5. The predicted octanol–water partition coefficient (Wildman–Crippen LogP) is 3.58. The fourth-order valence-corrected chi connectivity index (χ4v) is 2.68. The van der Waals surface area contributed by atoms with E-state index in [0.29, 0.717) is 0 Å². The molecule has 0 aliphatic heterocycles. The number of hydrogen-bond donors (Lipinski definition) is 2. The fourth-order valence-electron chi connectivity index (χ4n) is 2.52. The van der Waals surface area contributed by atoms with Crippen LogP contribution in [0, 0.1) is 11.6 Å². The minimum atomic E-state index is -0.626. The molecule has 0 saturated carbocycles. The molecule has 0 aliphatic rings. The van der Waals surface area contributed by atoms with Gasteiger partial charge in [0.25, 0.3) is 5.91 Å². The van der Waals surface area contributed by atoms with Crippen LogP contribution in [0.25, 0.3) is 11.4 Å². The third kappa shape index (κ3) is 3.99. The van der Waals surface area contributed by atoms with Crippen molar-refractivity contribution in [3.05, 3.63) is 59.1 Å². The van der Waals surface area contributed by atoms with Gasteiger partial charge in [-0.3, -0.25) is 4.79 Å². The van der Waals surface area contributed by atoms with Crippen molar-refractivity contribution in [3.8, 4) is 17.1 Å². The van der Waals surface area contributed by atoms with E-state index in [2.05, 4.69) is 25.6 Å². The van der Waals surface area contributed by atoms with Gasteiger partial charge in [-0.25, -0.2) is 23.7 Å². The molecule has 3 rings (SSSR count). The van der Waals surface area contributed by atoms with Crippen molar-refractivity contribution in [3.63, 3.8) is 0 Å². The van der Waals surface area contributed by atoms with Gasteiger partial charge in [0.05, 0.1) is 42.0 Å². The van der Waals surface area contributed by atoms with E-state index >= 15 is 0 Å². The van der Waals surface area contributed by atoms with Gasteiger partial charge in [0.2, 0.25) is 0 Å². The Labute approximate surface area is 163 Å². The quantitative estimate of drug-likeness (QED) is 0.631. The third-order valence-corrected chi connectivity index (χ3v) is 3.94. The Kier molecular flexibility index (Phi) is 5.65. The first-order valence-electron chi connectivity index (χ1n) is 7.93. The summed E-state index contributed by atoms with van der Waals surface area (Å²) in [5.74, 6) is -1.39. The number of amides is 1. The van der Waals surface area contributed by atoms with E-state index in [1.54, 1.807) is 0 Å². The van der Waals surface area contributed by atoms with Crippen LogP contribution in [0.1, 0.15) is 10.4 Å². The van der Waals surface area contributed by atoms with Crippen LogP contribution in [0.15, 0.2) is 36.8 Å². The number of benzene rings is 1. The van der Waals surface area contributed by atoms with Crippen molar-refractivity contribution in [1.82, 2.24) is 20.3 Å². The van der Waals surface area contributed by atoms with Crippen LogP contribution in [-0.2, 0) is 0 Å². The molecule has 2 heterocycles. The number of carbonyl (C=O) groups is 1. The van der Waals surface area contributed by atoms with E-state index in [0.717, 1.165) is 18.5 Å². The van der Waals surface area contributed by atoms with Crippen molar-refractivity contribution < 1.29 is 18.3 Å². The highest BCUT2D eigenvalue weighted by molar-refractivity contribution is 6.29. The van der Waals surface area contributed by atoms with Gasteiger partial charge in [-0.05, 0) is 12.1 Å². The molecular formula is C18H14ClF2N5O2. The van der Waals surface area contributed by atoms with Gasteiger partial charge in [0.1, 0.15) is 11.0 Å². The summed E-state index contributed by atoms with van der Waals surface area (Å²) in [6.07, 6.45) is 3.22. The van der Waals surface area contributed by atoms with Gasteiger partial charge < -0.3 is 15.4 Å². The highest BCUT2D eigenvalue weighted by Crippen LogP contribution is 2.38. The second kappa shape index (κ2) is 8.13. The number of ether oxygens (including phenoxy) is 1. The molecule has 1 aromatic carbocycles. The molecule has 0 spiro atoms. The van der Waals surface area contributed by atoms with Crippen LogP contribution in [0.4, 0.5) is 20.2 Å². The predicted molar refractivity (Wildman–Crippen MR) is 99.9 cm³/mol. The molecule has 3 aromatic rings. The second-order valence-corrected chi connectivity index (χ2v) is 5.90. The third-order valence-electron chi connectivity index (χ3n) is 3.73. The molecule has 2 N–H and O–H groups in total. The second-order valence-electron chi connectivity index (χ2n) is 5.52. The smallest absolute Gasteiger partial charge is 0.254 e. The first kappa shape index (κ1) is 19.4. The Morgan fingerprint density at radius 1 is 1.04 bits per heavy atom. The maximum atomic E-state index is 14.3. The first-order valence-corrected chi connectivity index (χ1v) is 8.30. The van der Waals surface area contributed by atoms with Gasteiger partial charge in [0.15, 0.2) is 17.4 Å². The number of halogens is 3. The van der Waals surface area contributed by atoms with Crippen LogP contribution in [0.2, 0.25) is 5.15 Å². The fraction of sp³-hybridized carbons (Fsp3) is 0.111. The molecule has 0 saturated heterocycles. The number of nitrogens with zero attached hydrogens (tertiary/aromatic N) is 3.